The summed E-state index contributed by atoms with van der Waals surface area (Å²) in [6.07, 6.45) is 1.38. The van der Waals surface area contributed by atoms with Gasteiger partial charge in [-0.3, -0.25) is 4.79 Å². The highest BCUT2D eigenvalue weighted by molar-refractivity contribution is 7.15. The van der Waals surface area contributed by atoms with E-state index in [1.807, 2.05) is 67.6 Å². The summed E-state index contributed by atoms with van der Waals surface area (Å²) in [5.74, 6) is -0.193. The van der Waals surface area contributed by atoms with Crippen LogP contribution in [0.2, 0.25) is 0 Å². The van der Waals surface area contributed by atoms with Gasteiger partial charge in [0.2, 0.25) is 0 Å². The standard InChI is InChI=1S/C28H22N2O4S/c1-3-33-28(32)25-23(19-11-9-18(2)10-12-19)17-35-27(25)30-26(31)21(16-29)15-22-13-14-24(34-22)20-7-5-4-6-8-20/h4-15,17H,3H2,1-2H3,(H,30,31). The first-order valence-corrected chi connectivity index (χ1v) is 11.8. The molecule has 0 atom stereocenters. The van der Waals surface area contributed by atoms with Gasteiger partial charge in [-0.05, 0) is 31.5 Å². The number of hydrogen-bond donors (Lipinski definition) is 1. The fourth-order valence-electron chi connectivity index (χ4n) is 3.45. The maximum atomic E-state index is 13.0. The van der Waals surface area contributed by atoms with Crippen molar-refractivity contribution in [3.8, 4) is 28.5 Å². The second-order valence-corrected chi connectivity index (χ2v) is 8.51. The van der Waals surface area contributed by atoms with E-state index in [1.54, 1.807) is 24.4 Å². The molecule has 2 aromatic heterocycles. The van der Waals surface area contributed by atoms with Crippen molar-refractivity contribution in [2.24, 2.45) is 0 Å². The van der Waals surface area contributed by atoms with Crippen molar-refractivity contribution < 1.29 is 18.7 Å². The molecule has 0 unspecified atom stereocenters. The molecule has 6 nitrogen and oxygen atoms in total. The van der Waals surface area contributed by atoms with E-state index in [0.29, 0.717) is 22.1 Å². The number of nitrogens with zero attached hydrogens (tertiary/aromatic N) is 1. The molecule has 0 saturated heterocycles. The summed E-state index contributed by atoms with van der Waals surface area (Å²) in [5, 5.41) is 14.4. The van der Waals surface area contributed by atoms with Gasteiger partial charge in [0.15, 0.2) is 0 Å². The third-order valence-electron chi connectivity index (χ3n) is 5.20. The number of ether oxygens (including phenoxy) is 1. The van der Waals surface area contributed by atoms with Crippen LogP contribution in [0.1, 0.15) is 28.6 Å². The monoisotopic (exact) mass is 482 g/mol. The first-order chi connectivity index (χ1) is 17.0. The van der Waals surface area contributed by atoms with E-state index in [1.165, 1.54) is 17.4 Å². The van der Waals surface area contributed by atoms with Crippen LogP contribution >= 0.6 is 11.3 Å². The van der Waals surface area contributed by atoms with Gasteiger partial charge in [-0.15, -0.1) is 11.3 Å². The second kappa shape index (κ2) is 10.7. The Bertz CT molecular complexity index is 1420. The Kier molecular flexibility index (Phi) is 7.24. The van der Waals surface area contributed by atoms with Crippen molar-refractivity contribution in [1.82, 2.24) is 0 Å². The smallest absolute Gasteiger partial charge is 0.341 e. The molecule has 174 valence electrons. The molecule has 0 aliphatic rings. The van der Waals surface area contributed by atoms with Crippen molar-refractivity contribution >= 4 is 34.3 Å². The van der Waals surface area contributed by atoms with Crippen molar-refractivity contribution in [1.29, 1.82) is 5.26 Å². The maximum Gasteiger partial charge on any atom is 0.341 e. The summed E-state index contributed by atoms with van der Waals surface area (Å²) in [7, 11) is 0. The minimum atomic E-state index is -0.645. The van der Waals surface area contributed by atoms with Gasteiger partial charge in [0.25, 0.3) is 5.91 Å². The van der Waals surface area contributed by atoms with E-state index in [2.05, 4.69) is 5.32 Å². The van der Waals surface area contributed by atoms with Crippen molar-refractivity contribution in [3.63, 3.8) is 0 Å². The fraction of sp³-hybridized carbons (Fsp3) is 0.107. The number of benzene rings is 2. The molecule has 4 aromatic rings. The van der Waals surface area contributed by atoms with Gasteiger partial charge in [-0.2, -0.15) is 5.26 Å². The summed E-state index contributed by atoms with van der Waals surface area (Å²) in [6, 6.07) is 22.6. The molecular weight excluding hydrogens is 460 g/mol. The van der Waals surface area contributed by atoms with Crippen LogP contribution in [0.25, 0.3) is 28.5 Å². The second-order valence-electron chi connectivity index (χ2n) is 7.63. The Morgan fingerprint density at radius 2 is 1.80 bits per heavy atom. The van der Waals surface area contributed by atoms with Crippen LogP contribution in [0.15, 0.2) is 82.1 Å². The lowest BCUT2D eigenvalue weighted by Crippen LogP contribution is -2.16. The molecule has 7 heteroatoms. The number of furan rings is 1. The largest absolute Gasteiger partial charge is 0.462 e. The normalized spacial score (nSPS) is 11.1. The Balaban J connectivity index is 1.62. The molecule has 2 aromatic carbocycles. The lowest BCUT2D eigenvalue weighted by atomic mass is 10.0. The molecule has 0 radical (unpaired) electrons. The van der Waals surface area contributed by atoms with E-state index in [0.717, 1.165) is 16.7 Å². The molecule has 0 aliphatic heterocycles. The van der Waals surface area contributed by atoms with Crippen molar-refractivity contribution in [2.75, 3.05) is 11.9 Å². The fourth-order valence-corrected chi connectivity index (χ4v) is 4.40. The van der Waals surface area contributed by atoms with Crippen molar-refractivity contribution in [3.05, 3.63) is 94.6 Å². The number of anilines is 1. The zero-order valence-electron chi connectivity index (χ0n) is 19.2. The third kappa shape index (κ3) is 5.40. The van der Waals surface area contributed by atoms with Crippen LogP contribution in [0.5, 0.6) is 0 Å². The van der Waals surface area contributed by atoms with E-state index in [4.69, 9.17) is 9.15 Å². The molecule has 35 heavy (non-hydrogen) atoms. The Labute approximate surface area is 207 Å². The Morgan fingerprint density at radius 1 is 1.06 bits per heavy atom. The molecule has 0 fully saturated rings. The molecule has 1 amide bonds. The number of esters is 1. The molecule has 0 spiro atoms. The lowest BCUT2D eigenvalue weighted by Gasteiger charge is -2.09. The van der Waals surface area contributed by atoms with Gasteiger partial charge in [0.1, 0.15) is 33.7 Å². The minimum absolute atomic E-state index is 0.154. The van der Waals surface area contributed by atoms with Gasteiger partial charge in [0, 0.05) is 22.6 Å². The first-order valence-electron chi connectivity index (χ1n) is 10.9. The van der Waals surface area contributed by atoms with Crippen LogP contribution in [0.4, 0.5) is 5.00 Å². The molecule has 1 N–H and O–H groups in total. The highest BCUT2D eigenvalue weighted by Crippen LogP contribution is 2.36. The van der Waals surface area contributed by atoms with E-state index in [9.17, 15) is 14.9 Å². The van der Waals surface area contributed by atoms with Crippen molar-refractivity contribution in [2.45, 2.75) is 13.8 Å². The third-order valence-corrected chi connectivity index (χ3v) is 6.09. The van der Waals surface area contributed by atoms with Gasteiger partial charge >= 0.3 is 5.97 Å². The van der Waals surface area contributed by atoms with E-state index in [-0.39, 0.29) is 17.7 Å². The summed E-state index contributed by atoms with van der Waals surface area (Å²) in [5.41, 5.74) is 3.57. The summed E-state index contributed by atoms with van der Waals surface area (Å²) in [4.78, 5) is 25.7. The van der Waals surface area contributed by atoms with E-state index < -0.39 is 11.9 Å². The van der Waals surface area contributed by atoms with Crippen LogP contribution < -0.4 is 5.32 Å². The number of nitrogens with one attached hydrogen (secondary N) is 1. The molecule has 0 aliphatic carbocycles. The van der Waals surface area contributed by atoms with E-state index >= 15 is 0 Å². The van der Waals surface area contributed by atoms with Gasteiger partial charge in [0.05, 0.1) is 6.61 Å². The number of carbonyl (C=O) groups excluding carboxylic acids is 2. The number of aryl methyl sites for hydroxylation is 1. The SMILES string of the molecule is CCOC(=O)c1c(-c2ccc(C)cc2)csc1NC(=O)C(C#N)=Cc1ccc(-c2ccccc2)o1. The number of amides is 1. The molecule has 2 heterocycles. The number of hydrogen-bond acceptors (Lipinski definition) is 6. The summed E-state index contributed by atoms with van der Waals surface area (Å²) in [6.45, 7) is 3.89. The topological polar surface area (TPSA) is 92.3 Å². The summed E-state index contributed by atoms with van der Waals surface area (Å²) < 4.78 is 11.0. The predicted octanol–water partition coefficient (Wildman–Crippen LogP) is 6.71. The van der Waals surface area contributed by atoms with Crippen LogP contribution in [0.3, 0.4) is 0 Å². The first kappa shape index (κ1) is 23.7. The number of carbonyl (C=O) groups is 2. The average Bonchev–Trinajstić information content (AvgIpc) is 3.51. The molecular formula is C28H22N2O4S. The number of thiophene rings is 1. The van der Waals surface area contributed by atoms with Gasteiger partial charge in [-0.1, -0.05) is 60.2 Å². The predicted molar refractivity (Wildman–Crippen MR) is 137 cm³/mol. The molecule has 0 saturated carbocycles. The highest BCUT2D eigenvalue weighted by Gasteiger charge is 2.24. The maximum absolute atomic E-state index is 13.0. The Morgan fingerprint density at radius 3 is 2.49 bits per heavy atom. The Hall–Kier alpha value is -4.41. The number of rotatable bonds is 7. The molecule has 4 rings (SSSR count). The minimum Gasteiger partial charge on any atom is -0.462 e. The quantitative estimate of drug-likeness (QED) is 0.180. The van der Waals surface area contributed by atoms with Crippen LogP contribution in [0, 0.1) is 18.3 Å². The number of nitriles is 1. The zero-order valence-corrected chi connectivity index (χ0v) is 20.0. The summed E-state index contributed by atoms with van der Waals surface area (Å²) >= 11 is 1.20. The van der Waals surface area contributed by atoms with Crippen LogP contribution in [-0.2, 0) is 9.53 Å². The highest BCUT2D eigenvalue weighted by atomic mass is 32.1. The average molecular weight is 483 g/mol. The van der Waals surface area contributed by atoms with Gasteiger partial charge in [-0.25, -0.2) is 4.79 Å². The molecule has 0 bridgehead atoms. The van der Waals surface area contributed by atoms with Crippen LogP contribution in [-0.4, -0.2) is 18.5 Å². The zero-order chi connectivity index (χ0) is 24.8. The lowest BCUT2D eigenvalue weighted by molar-refractivity contribution is -0.112. The van der Waals surface area contributed by atoms with Gasteiger partial charge < -0.3 is 14.5 Å².